The van der Waals surface area contributed by atoms with E-state index < -0.39 is 5.82 Å². The first-order valence-electron chi connectivity index (χ1n) is 9.95. The number of carbonyl (C=O) groups excluding carboxylic acids is 2. The van der Waals surface area contributed by atoms with Gasteiger partial charge in [0, 0.05) is 19.2 Å². The second-order valence-electron chi connectivity index (χ2n) is 7.40. The van der Waals surface area contributed by atoms with Crippen molar-refractivity contribution >= 4 is 23.4 Å². The molecule has 162 valence electrons. The van der Waals surface area contributed by atoms with Crippen molar-refractivity contribution in [3.05, 3.63) is 75.7 Å². The van der Waals surface area contributed by atoms with Gasteiger partial charge in [0.2, 0.25) is 5.91 Å². The van der Waals surface area contributed by atoms with Crippen LogP contribution in [0, 0.1) is 17.1 Å². The summed E-state index contributed by atoms with van der Waals surface area (Å²) < 4.78 is 15.3. The molecule has 3 aromatic rings. The number of hydrogen-bond donors (Lipinski definition) is 1. The van der Waals surface area contributed by atoms with E-state index in [1.54, 1.807) is 33.8 Å². The first-order chi connectivity index (χ1) is 15.4. The molecular formula is C23H19ClFN5O2. The molecule has 7 nitrogen and oxygen atoms in total. The van der Waals surface area contributed by atoms with Crippen molar-refractivity contribution in [3.63, 3.8) is 0 Å². The number of hydrogen-bond acceptors (Lipinski definition) is 4. The Bertz CT molecular complexity index is 1250. The fourth-order valence-electron chi connectivity index (χ4n) is 3.72. The number of rotatable bonds is 4. The van der Waals surface area contributed by atoms with Crippen LogP contribution in [-0.2, 0) is 24.3 Å². The smallest absolute Gasteiger partial charge is 0.255 e. The van der Waals surface area contributed by atoms with E-state index in [9.17, 15) is 14.0 Å². The Labute approximate surface area is 189 Å². The molecule has 0 saturated carbocycles. The summed E-state index contributed by atoms with van der Waals surface area (Å²) in [5.41, 5.74) is 3.20. The largest absolute Gasteiger partial charge is 0.355 e. The molecule has 0 saturated heterocycles. The topological polar surface area (TPSA) is 91.0 Å². The number of aromatic nitrogens is 2. The molecule has 1 aliphatic rings. The number of benzene rings is 2. The van der Waals surface area contributed by atoms with E-state index in [2.05, 4.69) is 16.5 Å². The van der Waals surface area contributed by atoms with Crippen molar-refractivity contribution < 1.29 is 14.0 Å². The highest BCUT2D eigenvalue weighted by Crippen LogP contribution is 2.31. The number of nitrogens with one attached hydrogen (secondary N) is 1. The Morgan fingerprint density at radius 2 is 1.97 bits per heavy atom. The average Bonchev–Trinajstić information content (AvgIpc) is 3.19. The van der Waals surface area contributed by atoms with Gasteiger partial charge in [-0.3, -0.25) is 14.3 Å². The van der Waals surface area contributed by atoms with Crippen molar-refractivity contribution in [3.8, 4) is 17.3 Å². The Morgan fingerprint density at radius 1 is 1.22 bits per heavy atom. The molecule has 1 aliphatic heterocycles. The Morgan fingerprint density at radius 3 is 2.62 bits per heavy atom. The van der Waals surface area contributed by atoms with Gasteiger partial charge < -0.3 is 10.2 Å². The van der Waals surface area contributed by atoms with Gasteiger partial charge in [-0.1, -0.05) is 23.7 Å². The van der Waals surface area contributed by atoms with Gasteiger partial charge in [-0.05, 0) is 35.9 Å². The van der Waals surface area contributed by atoms with Crippen LogP contribution in [0.1, 0.15) is 27.2 Å². The third kappa shape index (κ3) is 4.07. The van der Waals surface area contributed by atoms with Crippen LogP contribution in [0.5, 0.6) is 0 Å². The van der Waals surface area contributed by atoms with Gasteiger partial charge in [0.1, 0.15) is 11.5 Å². The fourth-order valence-corrected chi connectivity index (χ4v) is 3.90. The van der Waals surface area contributed by atoms with Crippen LogP contribution in [0.15, 0.2) is 42.5 Å². The molecule has 1 aromatic heterocycles. The number of fused-ring (bicyclic) bond motifs is 1. The zero-order chi connectivity index (χ0) is 22.8. The normalized spacial score (nSPS) is 12.8. The number of nitriles is 1. The lowest BCUT2D eigenvalue weighted by atomic mass is 10.0. The van der Waals surface area contributed by atoms with Gasteiger partial charge in [-0.2, -0.15) is 10.4 Å². The number of nitrogens with zero attached hydrogens (tertiary/aromatic N) is 4. The first-order valence-corrected chi connectivity index (χ1v) is 10.3. The van der Waals surface area contributed by atoms with Gasteiger partial charge in [-0.25, -0.2) is 4.39 Å². The maximum absolute atomic E-state index is 13.6. The van der Waals surface area contributed by atoms with Crippen molar-refractivity contribution in [2.75, 3.05) is 13.6 Å². The lowest BCUT2D eigenvalue weighted by Gasteiger charge is -2.28. The van der Waals surface area contributed by atoms with Crippen molar-refractivity contribution in [2.45, 2.75) is 19.5 Å². The predicted molar refractivity (Wildman–Crippen MR) is 116 cm³/mol. The summed E-state index contributed by atoms with van der Waals surface area (Å²) in [5, 5.41) is 16.0. The second kappa shape index (κ2) is 8.81. The molecule has 2 aromatic carbocycles. The minimum atomic E-state index is -0.555. The third-order valence-electron chi connectivity index (χ3n) is 5.42. The summed E-state index contributed by atoms with van der Waals surface area (Å²) in [6.07, 6.45) is 0.190. The lowest BCUT2D eigenvalue weighted by molar-refractivity contribution is -0.132. The number of carbonyl (C=O) groups is 2. The van der Waals surface area contributed by atoms with E-state index in [0.717, 1.165) is 5.56 Å². The molecule has 0 fully saturated rings. The lowest BCUT2D eigenvalue weighted by Crippen LogP contribution is -2.40. The van der Waals surface area contributed by atoms with Crippen LogP contribution in [-0.4, -0.2) is 40.1 Å². The highest BCUT2D eigenvalue weighted by molar-refractivity contribution is 6.31. The second-order valence-corrected chi connectivity index (χ2v) is 7.81. The van der Waals surface area contributed by atoms with Gasteiger partial charge >= 0.3 is 0 Å². The first kappa shape index (κ1) is 21.5. The summed E-state index contributed by atoms with van der Waals surface area (Å²) in [7, 11) is 1.52. The van der Waals surface area contributed by atoms with E-state index >= 15 is 0 Å². The summed E-state index contributed by atoms with van der Waals surface area (Å²) in [4.78, 5) is 27.3. The Kier molecular flexibility index (Phi) is 5.93. The molecule has 1 N–H and O–H groups in total. The molecular weight excluding hydrogens is 433 g/mol. The zero-order valence-electron chi connectivity index (χ0n) is 17.2. The minimum absolute atomic E-state index is 0.0597. The Balaban J connectivity index is 1.63. The SMILES string of the molecule is CNC(=O)c1c(-c2ccc(F)c(Cl)c2)nn2c1CN(C(=O)Cc1ccc(C#N)cc1)CC2. The van der Waals surface area contributed by atoms with Crippen LogP contribution in [0.25, 0.3) is 11.3 Å². The van der Waals surface area contributed by atoms with Gasteiger partial charge in [-0.15, -0.1) is 0 Å². The molecule has 0 spiro atoms. The van der Waals surface area contributed by atoms with E-state index in [1.807, 2.05) is 0 Å². The third-order valence-corrected chi connectivity index (χ3v) is 5.71. The standard InChI is InChI=1S/C23H19ClFN5O2/c1-27-23(32)21-19-13-29(20(31)10-14-2-4-15(12-26)5-3-14)8-9-30(19)28-22(21)16-6-7-18(25)17(24)11-16/h2-7,11H,8-10,13H2,1H3,(H,27,32). The molecule has 4 rings (SSSR count). The molecule has 2 amide bonds. The van der Waals surface area contributed by atoms with E-state index in [-0.39, 0.29) is 29.8 Å². The molecule has 0 aliphatic carbocycles. The van der Waals surface area contributed by atoms with Crippen LogP contribution >= 0.6 is 11.6 Å². The molecule has 0 unspecified atom stereocenters. The summed E-state index contributed by atoms with van der Waals surface area (Å²) in [6.45, 7) is 1.09. The summed E-state index contributed by atoms with van der Waals surface area (Å²) in [5.74, 6) is -0.986. The predicted octanol–water partition coefficient (Wildman–Crippen LogP) is 3.16. The molecule has 2 heterocycles. The highest BCUT2D eigenvalue weighted by atomic mass is 35.5. The number of amides is 2. The minimum Gasteiger partial charge on any atom is -0.355 e. The van der Waals surface area contributed by atoms with E-state index in [4.69, 9.17) is 16.9 Å². The van der Waals surface area contributed by atoms with Gasteiger partial charge in [0.25, 0.3) is 5.91 Å². The van der Waals surface area contributed by atoms with Gasteiger partial charge in [0.05, 0.1) is 47.4 Å². The van der Waals surface area contributed by atoms with E-state index in [1.165, 1.54) is 25.2 Å². The van der Waals surface area contributed by atoms with Gasteiger partial charge in [0.15, 0.2) is 0 Å². The van der Waals surface area contributed by atoms with Crippen LogP contribution in [0.2, 0.25) is 5.02 Å². The quantitative estimate of drug-likeness (QED) is 0.659. The monoisotopic (exact) mass is 451 g/mol. The number of halogens is 2. The average molecular weight is 452 g/mol. The Hall–Kier alpha value is -3.70. The fraction of sp³-hybridized carbons (Fsp3) is 0.217. The molecule has 0 bridgehead atoms. The van der Waals surface area contributed by atoms with Crippen molar-refractivity contribution in [1.82, 2.24) is 20.0 Å². The van der Waals surface area contributed by atoms with Crippen LogP contribution in [0.4, 0.5) is 4.39 Å². The molecule has 0 atom stereocenters. The molecule has 9 heteroatoms. The highest BCUT2D eigenvalue weighted by Gasteiger charge is 2.30. The zero-order valence-corrected chi connectivity index (χ0v) is 18.0. The van der Waals surface area contributed by atoms with Crippen LogP contribution < -0.4 is 5.32 Å². The summed E-state index contributed by atoms with van der Waals surface area (Å²) >= 11 is 5.94. The maximum atomic E-state index is 13.6. The van der Waals surface area contributed by atoms with E-state index in [0.29, 0.717) is 41.2 Å². The van der Waals surface area contributed by atoms with Crippen molar-refractivity contribution in [2.24, 2.45) is 0 Å². The maximum Gasteiger partial charge on any atom is 0.255 e. The summed E-state index contributed by atoms with van der Waals surface area (Å²) in [6, 6.07) is 13.1. The van der Waals surface area contributed by atoms with Crippen LogP contribution in [0.3, 0.4) is 0 Å². The molecule has 32 heavy (non-hydrogen) atoms. The van der Waals surface area contributed by atoms with Crippen molar-refractivity contribution in [1.29, 1.82) is 5.26 Å². The molecule has 0 radical (unpaired) electrons.